The van der Waals surface area contributed by atoms with Crippen molar-refractivity contribution in [2.45, 2.75) is 31.2 Å². The fourth-order valence-electron chi connectivity index (χ4n) is 1.95. The van der Waals surface area contributed by atoms with E-state index in [0.29, 0.717) is 5.92 Å². The molecule has 0 aliphatic heterocycles. The fraction of sp³-hybridized carbons (Fsp3) is 0.385. The van der Waals surface area contributed by atoms with E-state index in [1.54, 1.807) is 0 Å². The molecule has 0 bridgehead atoms. The van der Waals surface area contributed by atoms with Crippen LogP contribution in [0.2, 0.25) is 0 Å². The molecule has 0 radical (unpaired) electrons. The molecule has 4 nitrogen and oxygen atoms in total. The van der Waals surface area contributed by atoms with Gasteiger partial charge in [0.15, 0.2) is 5.82 Å². The van der Waals surface area contributed by atoms with Crippen LogP contribution in [0.5, 0.6) is 0 Å². The third-order valence-corrected chi connectivity index (χ3v) is 3.11. The van der Waals surface area contributed by atoms with Crippen molar-refractivity contribution in [3.8, 4) is 0 Å². The minimum absolute atomic E-state index is 0.124. The first-order valence-corrected chi connectivity index (χ1v) is 6.04. The summed E-state index contributed by atoms with van der Waals surface area (Å²) in [6, 6.07) is 10.1. The molecule has 88 valence electrons. The number of aromatic amines is 1. The first kappa shape index (κ1) is 10.5. The summed E-state index contributed by atoms with van der Waals surface area (Å²) in [6.45, 7) is 0. The highest BCUT2D eigenvalue weighted by Gasteiger charge is 2.27. The molecule has 2 aromatic rings. The molecule has 1 unspecified atom stereocenters. The Kier molecular flexibility index (Phi) is 2.65. The first-order chi connectivity index (χ1) is 8.33. The highest BCUT2D eigenvalue weighted by molar-refractivity contribution is 5.17. The molecule has 1 atom stereocenters. The minimum atomic E-state index is -0.124. The molecule has 1 aliphatic carbocycles. The number of nitrogens with two attached hydrogens (primary N) is 1. The number of hydrogen-bond acceptors (Lipinski definition) is 3. The molecule has 1 aliphatic rings. The molecule has 17 heavy (non-hydrogen) atoms. The maximum atomic E-state index is 6.12. The van der Waals surface area contributed by atoms with E-state index in [9.17, 15) is 0 Å². The second-order valence-corrected chi connectivity index (χ2v) is 4.65. The van der Waals surface area contributed by atoms with Crippen molar-refractivity contribution in [2.75, 3.05) is 0 Å². The van der Waals surface area contributed by atoms with Gasteiger partial charge in [0.1, 0.15) is 5.82 Å². The third kappa shape index (κ3) is 2.36. The van der Waals surface area contributed by atoms with E-state index < -0.39 is 0 Å². The van der Waals surface area contributed by atoms with Crippen LogP contribution in [-0.4, -0.2) is 15.2 Å². The third-order valence-electron chi connectivity index (χ3n) is 3.11. The van der Waals surface area contributed by atoms with Crippen molar-refractivity contribution in [3.63, 3.8) is 0 Å². The molecule has 0 spiro atoms. The lowest BCUT2D eigenvalue weighted by Gasteiger charge is -2.06. The van der Waals surface area contributed by atoms with Crippen LogP contribution in [0, 0.1) is 0 Å². The molecular weight excluding hydrogens is 212 g/mol. The average Bonchev–Trinajstić information content (AvgIpc) is 3.08. The summed E-state index contributed by atoms with van der Waals surface area (Å²) in [6.07, 6.45) is 3.23. The summed E-state index contributed by atoms with van der Waals surface area (Å²) in [5.41, 5.74) is 7.34. The van der Waals surface area contributed by atoms with E-state index in [4.69, 9.17) is 5.73 Å². The van der Waals surface area contributed by atoms with E-state index in [0.717, 1.165) is 18.1 Å². The normalized spacial score (nSPS) is 17.0. The van der Waals surface area contributed by atoms with Crippen LogP contribution in [0.4, 0.5) is 0 Å². The van der Waals surface area contributed by atoms with Gasteiger partial charge in [-0.3, -0.25) is 5.10 Å². The second kappa shape index (κ2) is 4.30. The molecule has 1 aromatic carbocycles. The Morgan fingerprint density at radius 2 is 2.06 bits per heavy atom. The summed E-state index contributed by atoms with van der Waals surface area (Å²) in [5, 5.41) is 7.21. The van der Waals surface area contributed by atoms with E-state index in [-0.39, 0.29) is 6.04 Å². The van der Waals surface area contributed by atoms with Gasteiger partial charge in [-0.05, 0) is 24.8 Å². The number of benzene rings is 1. The quantitative estimate of drug-likeness (QED) is 0.840. The Hall–Kier alpha value is -1.68. The van der Waals surface area contributed by atoms with Crippen LogP contribution in [0.1, 0.15) is 42.0 Å². The van der Waals surface area contributed by atoms with Crippen molar-refractivity contribution in [3.05, 3.63) is 47.5 Å². The Labute approximate surface area is 100 Å². The van der Waals surface area contributed by atoms with Crippen molar-refractivity contribution in [1.29, 1.82) is 0 Å². The Morgan fingerprint density at radius 3 is 2.76 bits per heavy atom. The van der Waals surface area contributed by atoms with Crippen LogP contribution in [0.3, 0.4) is 0 Å². The summed E-state index contributed by atoms with van der Waals surface area (Å²) in [5.74, 6) is 2.33. The van der Waals surface area contributed by atoms with Gasteiger partial charge >= 0.3 is 0 Å². The fourth-order valence-corrected chi connectivity index (χ4v) is 1.95. The van der Waals surface area contributed by atoms with Crippen LogP contribution < -0.4 is 5.73 Å². The molecular formula is C13H16N4. The van der Waals surface area contributed by atoms with E-state index in [2.05, 4.69) is 27.3 Å². The predicted molar refractivity (Wildman–Crippen MR) is 65.4 cm³/mol. The molecule has 1 heterocycles. The van der Waals surface area contributed by atoms with Crippen molar-refractivity contribution in [2.24, 2.45) is 5.73 Å². The van der Waals surface area contributed by atoms with Gasteiger partial charge in [-0.25, -0.2) is 4.98 Å². The van der Waals surface area contributed by atoms with Crippen molar-refractivity contribution < 1.29 is 0 Å². The number of nitrogens with zero attached hydrogens (tertiary/aromatic N) is 2. The van der Waals surface area contributed by atoms with Crippen molar-refractivity contribution >= 4 is 0 Å². The molecule has 0 saturated heterocycles. The first-order valence-electron chi connectivity index (χ1n) is 6.04. The number of aromatic nitrogens is 3. The van der Waals surface area contributed by atoms with Crippen LogP contribution in [-0.2, 0) is 6.42 Å². The minimum Gasteiger partial charge on any atom is -0.321 e. The van der Waals surface area contributed by atoms with Crippen LogP contribution >= 0.6 is 0 Å². The van der Waals surface area contributed by atoms with Gasteiger partial charge in [0, 0.05) is 5.92 Å². The van der Waals surface area contributed by atoms with E-state index >= 15 is 0 Å². The smallest absolute Gasteiger partial charge is 0.167 e. The van der Waals surface area contributed by atoms with Gasteiger partial charge in [-0.1, -0.05) is 30.3 Å². The van der Waals surface area contributed by atoms with Gasteiger partial charge in [0.25, 0.3) is 0 Å². The van der Waals surface area contributed by atoms with E-state index in [1.807, 2.05) is 18.2 Å². The van der Waals surface area contributed by atoms with Gasteiger partial charge in [-0.2, -0.15) is 5.10 Å². The van der Waals surface area contributed by atoms with Gasteiger partial charge in [0.2, 0.25) is 0 Å². The summed E-state index contributed by atoms with van der Waals surface area (Å²) in [7, 11) is 0. The standard InChI is InChI=1S/C13H16N4/c14-11(8-9-4-2-1-3-5-9)13-15-12(16-17-13)10-6-7-10/h1-5,10-11H,6-8,14H2,(H,15,16,17). The summed E-state index contributed by atoms with van der Waals surface area (Å²) in [4.78, 5) is 4.48. The monoisotopic (exact) mass is 228 g/mol. The second-order valence-electron chi connectivity index (χ2n) is 4.65. The van der Waals surface area contributed by atoms with Gasteiger partial charge < -0.3 is 5.73 Å². The molecule has 4 heteroatoms. The Bertz CT molecular complexity index is 487. The maximum absolute atomic E-state index is 6.12. The zero-order valence-corrected chi connectivity index (χ0v) is 9.63. The average molecular weight is 228 g/mol. The summed E-state index contributed by atoms with van der Waals surface area (Å²) < 4.78 is 0. The largest absolute Gasteiger partial charge is 0.321 e. The highest BCUT2D eigenvalue weighted by atomic mass is 15.2. The molecule has 0 amide bonds. The lowest BCUT2D eigenvalue weighted by atomic mass is 10.1. The van der Waals surface area contributed by atoms with Gasteiger partial charge in [-0.15, -0.1) is 0 Å². The number of hydrogen-bond donors (Lipinski definition) is 2. The zero-order valence-electron chi connectivity index (χ0n) is 9.63. The van der Waals surface area contributed by atoms with Crippen molar-refractivity contribution in [1.82, 2.24) is 15.2 Å². The lowest BCUT2D eigenvalue weighted by molar-refractivity contribution is 0.670. The SMILES string of the molecule is NC(Cc1ccccc1)c1n[nH]c(C2CC2)n1. The highest BCUT2D eigenvalue weighted by Crippen LogP contribution is 2.38. The molecule has 1 fully saturated rings. The zero-order chi connectivity index (χ0) is 11.7. The van der Waals surface area contributed by atoms with Gasteiger partial charge in [0.05, 0.1) is 6.04 Å². The molecule has 3 rings (SSSR count). The Balaban J connectivity index is 1.70. The molecule has 3 N–H and O–H groups in total. The maximum Gasteiger partial charge on any atom is 0.167 e. The van der Waals surface area contributed by atoms with Crippen LogP contribution in [0.25, 0.3) is 0 Å². The summed E-state index contributed by atoms with van der Waals surface area (Å²) >= 11 is 0. The number of rotatable bonds is 4. The predicted octanol–water partition coefficient (Wildman–Crippen LogP) is 1.92. The lowest BCUT2D eigenvalue weighted by Crippen LogP contribution is -2.15. The van der Waals surface area contributed by atoms with Crippen LogP contribution in [0.15, 0.2) is 30.3 Å². The number of nitrogens with one attached hydrogen (secondary N) is 1. The van der Waals surface area contributed by atoms with E-state index in [1.165, 1.54) is 18.4 Å². The Morgan fingerprint density at radius 1 is 1.29 bits per heavy atom. The number of H-pyrrole nitrogens is 1. The molecule has 1 saturated carbocycles. The topological polar surface area (TPSA) is 67.6 Å². The molecule has 1 aromatic heterocycles.